The number of benzene rings is 3. The number of carbonyl (C=O) groups is 1. The van der Waals surface area contributed by atoms with Crippen molar-refractivity contribution in [2.24, 2.45) is 0 Å². The largest absolute Gasteiger partial charge is 0.361 e. The molecule has 4 heteroatoms. The molecule has 0 unspecified atom stereocenters. The van der Waals surface area contributed by atoms with E-state index in [-0.39, 0.29) is 5.91 Å². The number of nitrogens with zero attached hydrogens (tertiary/aromatic N) is 1. The highest BCUT2D eigenvalue weighted by Gasteiger charge is 2.18. The first-order chi connectivity index (χ1) is 14.8. The number of amides is 1. The highest BCUT2D eigenvalue weighted by molar-refractivity contribution is 5.86. The van der Waals surface area contributed by atoms with Crippen LogP contribution in [0.3, 0.4) is 0 Å². The maximum absolute atomic E-state index is 13.4. The van der Waals surface area contributed by atoms with E-state index in [1.165, 1.54) is 0 Å². The summed E-state index contributed by atoms with van der Waals surface area (Å²) in [6, 6.07) is 26.5. The maximum atomic E-state index is 13.4. The monoisotopic (exact) mass is 393 g/mol. The van der Waals surface area contributed by atoms with Gasteiger partial charge in [-0.1, -0.05) is 54.6 Å². The standard InChI is InChI=1S/C26H23N3O/c30-26(16-19-6-2-1-3-7-19)29(17-20-8-4-10-24-22(20)12-14-27-24)18-21-9-5-11-25-23(21)13-15-28-25/h1-15,27-28H,16-18H2. The van der Waals surface area contributed by atoms with Crippen LogP contribution >= 0.6 is 0 Å². The number of H-pyrrole nitrogens is 2. The molecule has 2 N–H and O–H groups in total. The zero-order chi connectivity index (χ0) is 20.3. The summed E-state index contributed by atoms with van der Waals surface area (Å²) in [5, 5.41) is 2.32. The minimum Gasteiger partial charge on any atom is -0.361 e. The van der Waals surface area contributed by atoms with Crippen molar-refractivity contribution >= 4 is 27.7 Å². The van der Waals surface area contributed by atoms with Gasteiger partial charge < -0.3 is 14.9 Å². The van der Waals surface area contributed by atoms with Gasteiger partial charge in [0, 0.05) is 47.3 Å². The van der Waals surface area contributed by atoms with Gasteiger partial charge in [-0.3, -0.25) is 4.79 Å². The van der Waals surface area contributed by atoms with E-state index in [2.05, 4.69) is 46.4 Å². The normalized spacial score (nSPS) is 11.2. The molecule has 0 aliphatic rings. The number of carbonyl (C=O) groups excluding carboxylic acids is 1. The molecule has 2 heterocycles. The van der Waals surface area contributed by atoms with Gasteiger partial charge >= 0.3 is 0 Å². The van der Waals surface area contributed by atoms with Crippen LogP contribution in [0.1, 0.15) is 16.7 Å². The lowest BCUT2D eigenvalue weighted by atomic mass is 10.1. The molecule has 5 aromatic rings. The SMILES string of the molecule is O=C(Cc1ccccc1)N(Cc1cccc2[nH]ccc12)Cc1cccc2[nH]ccc12. The molecule has 5 rings (SSSR count). The number of rotatable bonds is 6. The zero-order valence-electron chi connectivity index (χ0n) is 16.6. The number of fused-ring (bicyclic) bond motifs is 2. The van der Waals surface area contributed by atoms with Crippen molar-refractivity contribution in [1.29, 1.82) is 0 Å². The number of hydrogen-bond donors (Lipinski definition) is 2. The van der Waals surface area contributed by atoms with Crippen LogP contribution in [0.4, 0.5) is 0 Å². The first-order valence-electron chi connectivity index (χ1n) is 10.2. The lowest BCUT2D eigenvalue weighted by Gasteiger charge is -2.24. The van der Waals surface area contributed by atoms with Gasteiger partial charge in [-0.15, -0.1) is 0 Å². The van der Waals surface area contributed by atoms with E-state index < -0.39 is 0 Å². The van der Waals surface area contributed by atoms with Crippen molar-refractivity contribution in [3.05, 3.63) is 108 Å². The van der Waals surface area contributed by atoms with Crippen molar-refractivity contribution < 1.29 is 4.79 Å². The molecule has 0 fully saturated rings. The predicted octanol–water partition coefficient (Wildman–Crippen LogP) is 5.42. The minimum atomic E-state index is 0.126. The van der Waals surface area contributed by atoms with Crippen molar-refractivity contribution in [1.82, 2.24) is 14.9 Å². The Bertz CT molecular complexity index is 1220. The van der Waals surface area contributed by atoms with E-state index in [9.17, 15) is 4.79 Å². The molecule has 0 aliphatic carbocycles. The van der Waals surface area contributed by atoms with E-state index in [0.717, 1.165) is 38.5 Å². The molecule has 0 radical (unpaired) electrons. The second kappa shape index (κ2) is 7.91. The van der Waals surface area contributed by atoms with Crippen LogP contribution in [0.5, 0.6) is 0 Å². The fourth-order valence-electron chi connectivity index (χ4n) is 4.10. The van der Waals surface area contributed by atoms with Crippen LogP contribution in [0.15, 0.2) is 91.3 Å². The van der Waals surface area contributed by atoms with Gasteiger partial charge in [0.05, 0.1) is 6.42 Å². The average Bonchev–Trinajstić information content (AvgIpc) is 3.44. The summed E-state index contributed by atoms with van der Waals surface area (Å²) in [5.41, 5.74) is 5.52. The number of nitrogens with one attached hydrogen (secondary N) is 2. The summed E-state index contributed by atoms with van der Waals surface area (Å²) < 4.78 is 0. The Morgan fingerprint density at radius 3 is 1.80 bits per heavy atom. The topological polar surface area (TPSA) is 51.9 Å². The Kier molecular flexibility index (Phi) is 4.81. The first kappa shape index (κ1) is 18.3. The highest BCUT2D eigenvalue weighted by Crippen LogP contribution is 2.23. The van der Waals surface area contributed by atoms with Gasteiger partial charge in [-0.25, -0.2) is 0 Å². The molecule has 0 bridgehead atoms. The third-order valence-electron chi connectivity index (χ3n) is 5.64. The van der Waals surface area contributed by atoms with E-state index in [1.54, 1.807) is 0 Å². The molecule has 0 aliphatic heterocycles. The Labute approximate surface area is 175 Å². The zero-order valence-corrected chi connectivity index (χ0v) is 16.6. The van der Waals surface area contributed by atoms with Gasteiger partial charge in [0.1, 0.15) is 0 Å². The van der Waals surface area contributed by atoms with Crippen LogP contribution in [0.2, 0.25) is 0 Å². The Morgan fingerprint density at radius 1 is 0.667 bits per heavy atom. The molecule has 1 amide bonds. The van der Waals surface area contributed by atoms with Crippen LogP contribution in [0.25, 0.3) is 21.8 Å². The molecule has 0 saturated carbocycles. The maximum Gasteiger partial charge on any atom is 0.227 e. The molecule has 0 atom stereocenters. The summed E-state index contributed by atoms with van der Waals surface area (Å²) >= 11 is 0. The van der Waals surface area contributed by atoms with Crippen LogP contribution in [-0.4, -0.2) is 20.8 Å². The van der Waals surface area contributed by atoms with Crippen molar-refractivity contribution in [2.45, 2.75) is 19.5 Å². The van der Waals surface area contributed by atoms with Crippen molar-refractivity contribution in [2.75, 3.05) is 0 Å². The van der Waals surface area contributed by atoms with Crippen molar-refractivity contribution in [3.8, 4) is 0 Å². The van der Waals surface area contributed by atoms with E-state index >= 15 is 0 Å². The second-order valence-electron chi connectivity index (χ2n) is 7.62. The van der Waals surface area contributed by atoms with E-state index in [1.807, 2.05) is 59.8 Å². The van der Waals surface area contributed by atoms with Gasteiger partial charge in [0.15, 0.2) is 0 Å². The summed E-state index contributed by atoms with van der Waals surface area (Å²) in [6.45, 7) is 1.14. The van der Waals surface area contributed by atoms with E-state index in [0.29, 0.717) is 19.5 Å². The van der Waals surface area contributed by atoms with Crippen LogP contribution in [0, 0.1) is 0 Å². The summed E-state index contributed by atoms with van der Waals surface area (Å²) in [7, 11) is 0. The molecule has 0 spiro atoms. The van der Waals surface area contributed by atoms with Gasteiger partial charge in [-0.2, -0.15) is 0 Å². The van der Waals surface area contributed by atoms with Crippen LogP contribution < -0.4 is 0 Å². The predicted molar refractivity (Wildman–Crippen MR) is 121 cm³/mol. The average molecular weight is 393 g/mol. The van der Waals surface area contributed by atoms with Gasteiger partial charge in [0.25, 0.3) is 0 Å². The molecule has 4 nitrogen and oxygen atoms in total. The van der Waals surface area contributed by atoms with Gasteiger partial charge in [0.2, 0.25) is 5.91 Å². The van der Waals surface area contributed by atoms with Gasteiger partial charge in [-0.05, 0) is 41.0 Å². The Balaban J connectivity index is 1.49. The summed E-state index contributed by atoms with van der Waals surface area (Å²) in [5.74, 6) is 0.126. The summed E-state index contributed by atoms with van der Waals surface area (Å²) in [6.07, 6.45) is 4.29. The molecular formula is C26H23N3O. The van der Waals surface area contributed by atoms with Crippen molar-refractivity contribution in [3.63, 3.8) is 0 Å². The van der Waals surface area contributed by atoms with E-state index in [4.69, 9.17) is 0 Å². The number of aromatic amines is 2. The molecule has 30 heavy (non-hydrogen) atoms. The quantitative estimate of drug-likeness (QED) is 0.398. The fraction of sp³-hybridized carbons (Fsp3) is 0.115. The first-order valence-corrected chi connectivity index (χ1v) is 10.2. The third-order valence-corrected chi connectivity index (χ3v) is 5.64. The molecule has 0 saturated heterocycles. The number of hydrogen-bond acceptors (Lipinski definition) is 1. The third kappa shape index (κ3) is 3.60. The lowest BCUT2D eigenvalue weighted by Crippen LogP contribution is -2.31. The molecule has 148 valence electrons. The summed E-state index contributed by atoms with van der Waals surface area (Å²) in [4.78, 5) is 21.9. The Morgan fingerprint density at radius 2 is 1.23 bits per heavy atom. The second-order valence-corrected chi connectivity index (χ2v) is 7.62. The number of aromatic nitrogens is 2. The molecular weight excluding hydrogens is 370 g/mol. The smallest absolute Gasteiger partial charge is 0.227 e. The molecule has 3 aromatic carbocycles. The minimum absolute atomic E-state index is 0.126. The Hall–Kier alpha value is -3.79. The highest BCUT2D eigenvalue weighted by atomic mass is 16.2. The van der Waals surface area contributed by atoms with Crippen LogP contribution in [-0.2, 0) is 24.3 Å². The fourth-order valence-corrected chi connectivity index (χ4v) is 4.10. The molecule has 2 aromatic heterocycles. The lowest BCUT2D eigenvalue weighted by molar-refractivity contribution is -0.131.